The van der Waals surface area contributed by atoms with Crippen molar-refractivity contribution < 1.29 is 24.4 Å². The average molecular weight is 839 g/mol. The highest BCUT2D eigenvalue weighted by Crippen LogP contribution is 2.48. The Bertz CT molecular complexity index is 2660. The molecule has 9 rings (SSSR count). The van der Waals surface area contributed by atoms with Gasteiger partial charge in [0.25, 0.3) is 0 Å². The smallest absolute Gasteiger partial charge is 0.167 e. The number of imidazole rings is 1. The summed E-state index contributed by atoms with van der Waals surface area (Å²) in [6.45, 7) is 0. The average Bonchev–Trinajstić information content (AvgIpc) is 3.94. The van der Waals surface area contributed by atoms with Gasteiger partial charge in [0.05, 0.1) is 32.0 Å². The lowest BCUT2D eigenvalue weighted by Crippen LogP contribution is -2.53. The van der Waals surface area contributed by atoms with Crippen LogP contribution >= 0.6 is 0 Å². The van der Waals surface area contributed by atoms with Crippen LogP contribution in [0.5, 0.6) is 11.5 Å². The van der Waals surface area contributed by atoms with E-state index < -0.39 is 41.5 Å². The molecule has 2 aromatic heterocycles. The third-order valence-electron chi connectivity index (χ3n) is 12.5. The Labute approximate surface area is 367 Å². The number of nitrogens with zero attached hydrogens (tertiary/aromatic N) is 5. The summed E-state index contributed by atoms with van der Waals surface area (Å²) in [6.07, 6.45) is -1.15. The summed E-state index contributed by atoms with van der Waals surface area (Å²) in [4.78, 5) is 16.5. The zero-order chi connectivity index (χ0) is 43.6. The number of ether oxygens (including phenoxy) is 3. The number of hydrogen-bond donors (Lipinski definition) is 3. The van der Waals surface area contributed by atoms with Crippen molar-refractivity contribution in [3.05, 3.63) is 216 Å². The Hall–Kier alpha value is -6.89. The topological polar surface area (TPSA) is 127 Å². The second-order valence-electron chi connectivity index (χ2n) is 16.0. The lowest BCUT2D eigenvalue weighted by Gasteiger charge is -2.43. The van der Waals surface area contributed by atoms with Gasteiger partial charge in [-0.2, -0.15) is 0 Å². The molecule has 0 saturated carbocycles. The summed E-state index contributed by atoms with van der Waals surface area (Å²) in [5.41, 5.74) is 4.29. The number of aliphatic hydroxyl groups excluding tert-OH is 2. The molecule has 63 heavy (non-hydrogen) atoms. The molecule has 8 aromatic rings. The Morgan fingerprint density at radius 3 is 1.54 bits per heavy atom. The molecule has 1 aliphatic heterocycles. The number of aromatic nitrogens is 4. The maximum Gasteiger partial charge on any atom is 0.167 e. The van der Waals surface area contributed by atoms with Crippen LogP contribution in [0.1, 0.15) is 39.6 Å². The molecule has 1 aliphatic rings. The number of aliphatic hydroxyl groups is 2. The third kappa shape index (κ3) is 7.18. The zero-order valence-corrected chi connectivity index (χ0v) is 35.6. The van der Waals surface area contributed by atoms with Crippen molar-refractivity contribution >= 4 is 17.0 Å². The lowest BCUT2D eigenvalue weighted by atomic mass is 9.64. The van der Waals surface area contributed by atoms with Crippen molar-refractivity contribution in [1.82, 2.24) is 24.4 Å². The van der Waals surface area contributed by atoms with Crippen LogP contribution in [0, 0.1) is 0 Å². The molecule has 3 N–H and O–H groups in total. The van der Waals surface area contributed by atoms with E-state index in [1.165, 1.54) is 6.33 Å². The number of hydrogen-bond acceptors (Lipinski definition) is 10. The second-order valence-corrected chi connectivity index (χ2v) is 16.0. The van der Waals surface area contributed by atoms with Crippen molar-refractivity contribution in [3.8, 4) is 11.5 Å². The second kappa shape index (κ2) is 17.5. The molecule has 0 radical (unpaired) electrons. The first kappa shape index (κ1) is 41.5. The summed E-state index contributed by atoms with van der Waals surface area (Å²) in [6, 6.07) is 55.4. The first-order valence-corrected chi connectivity index (χ1v) is 21.0. The van der Waals surface area contributed by atoms with Crippen LogP contribution in [-0.4, -0.2) is 87.3 Å². The van der Waals surface area contributed by atoms with Crippen LogP contribution in [0.3, 0.4) is 0 Å². The highest BCUT2D eigenvalue weighted by atomic mass is 16.5. The summed E-state index contributed by atoms with van der Waals surface area (Å²) in [5.74, 6) is 1.92. The molecule has 5 atom stereocenters. The largest absolute Gasteiger partial charge is 0.497 e. The minimum Gasteiger partial charge on any atom is -0.497 e. The lowest BCUT2D eigenvalue weighted by molar-refractivity contribution is -0.0965. The fraction of sp³-hybridized carbons (Fsp3) is 0.212. The summed E-state index contributed by atoms with van der Waals surface area (Å²) in [7, 11) is 7.08. The van der Waals surface area contributed by atoms with Crippen LogP contribution in [0.15, 0.2) is 183 Å². The van der Waals surface area contributed by atoms with Gasteiger partial charge in [0.2, 0.25) is 0 Å². The third-order valence-corrected chi connectivity index (χ3v) is 12.5. The maximum atomic E-state index is 13.2. The van der Waals surface area contributed by atoms with Crippen molar-refractivity contribution in [1.29, 1.82) is 0 Å². The number of fused-ring (bicyclic) bond motifs is 1. The molecule has 3 heterocycles. The van der Waals surface area contributed by atoms with E-state index >= 15 is 0 Å². The molecule has 11 heteroatoms. The molecule has 6 aromatic carbocycles. The SMILES string of the molecule is COc1ccc(C(Nc2ncnc3c2ncn3[C@@H]2O[C@H](C(O)C(c3ccccc3)(c3ccccc3)c3ccc(OC)cc3)[C@@H](O)[C@H]2N(C)C)(c2ccccc2)c2ccccc2)cc1. The highest BCUT2D eigenvalue weighted by Gasteiger charge is 2.56. The molecule has 0 aliphatic carbocycles. The van der Waals surface area contributed by atoms with Gasteiger partial charge in [-0.25, -0.2) is 15.0 Å². The summed E-state index contributed by atoms with van der Waals surface area (Å²) in [5, 5.41) is 29.5. The Morgan fingerprint density at radius 2 is 1.06 bits per heavy atom. The predicted octanol–water partition coefficient (Wildman–Crippen LogP) is 7.83. The van der Waals surface area contributed by atoms with Crippen LogP contribution in [0.4, 0.5) is 5.82 Å². The Balaban J connectivity index is 1.16. The monoisotopic (exact) mass is 838 g/mol. The predicted molar refractivity (Wildman–Crippen MR) is 244 cm³/mol. The Kier molecular flexibility index (Phi) is 11.5. The standard InChI is InChI=1S/C52H50N6O5/c1-57(2)44-45(59)46(47(60)51(35-17-9-5-10-18-35,36-19-11-6-12-20-36)37-25-29-41(61-3)30-26-37)63-50(44)58-34-55-43-48(53-33-54-49(43)58)56-52(38-21-13-7-14-22-38,39-23-15-8-16-24-39)40-27-31-42(62-4)32-28-40/h5-34,44-47,50,59-60H,1-4H3,(H,53,54,56)/t44-,45+,46+,47?,50-/m1/s1. The van der Waals surface area contributed by atoms with Gasteiger partial charge in [-0.1, -0.05) is 146 Å². The van der Waals surface area contributed by atoms with Gasteiger partial charge in [-0.05, 0) is 71.7 Å². The minimum atomic E-state index is -1.29. The van der Waals surface area contributed by atoms with Gasteiger partial charge in [-0.3, -0.25) is 9.47 Å². The normalized spacial score (nSPS) is 18.3. The van der Waals surface area contributed by atoms with Gasteiger partial charge in [0.1, 0.15) is 41.7 Å². The molecule has 0 spiro atoms. The molecule has 0 bridgehead atoms. The molecule has 1 unspecified atom stereocenters. The molecular weight excluding hydrogens is 789 g/mol. The number of likely N-dealkylation sites (N-methyl/N-ethyl adjacent to an activating group) is 1. The van der Waals surface area contributed by atoms with E-state index in [1.807, 2.05) is 157 Å². The van der Waals surface area contributed by atoms with Gasteiger partial charge in [-0.15, -0.1) is 0 Å². The number of rotatable bonds is 14. The molecule has 318 valence electrons. The fourth-order valence-electron chi connectivity index (χ4n) is 9.49. The van der Waals surface area contributed by atoms with Crippen LogP contribution in [-0.2, 0) is 15.7 Å². The van der Waals surface area contributed by atoms with Gasteiger partial charge >= 0.3 is 0 Å². The number of methoxy groups -OCH3 is 2. The van der Waals surface area contributed by atoms with E-state index in [9.17, 15) is 10.2 Å². The molecular formula is C52H50N6O5. The van der Waals surface area contributed by atoms with Gasteiger partial charge < -0.3 is 29.7 Å². The summed E-state index contributed by atoms with van der Waals surface area (Å²) < 4.78 is 20.0. The van der Waals surface area contributed by atoms with Crippen molar-refractivity contribution in [3.63, 3.8) is 0 Å². The zero-order valence-electron chi connectivity index (χ0n) is 35.6. The molecule has 1 saturated heterocycles. The molecule has 11 nitrogen and oxygen atoms in total. The first-order valence-electron chi connectivity index (χ1n) is 21.0. The van der Waals surface area contributed by atoms with Crippen LogP contribution in [0.2, 0.25) is 0 Å². The van der Waals surface area contributed by atoms with Crippen molar-refractivity contribution in [2.75, 3.05) is 33.6 Å². The minimum absolute atomic E-state index is 0.490. The number of benzene rings is 6. The van der Waals surface area contributed by atoms with E-state index in [-0.39, 0.29) is 0 Å². The highest BCUT2D eigenvalue weighted by molar-refractivity contribution is 5.84. The fourth-order valence-corrected chi connectivity index (χ4v) is 9.49. The van der Waals surface area contributed by atoms with Crippen LogP contribution in [0.25, 0.3) is 11.2 Å². The van der Waals surface area contributed by atoms with E-state index in [0.717, 1.165) is 39.1 Å². The van der Waals surface area contributed by atoms with E-state index in [1.54, 1.807) is 20.5 Å². The number of anilines is 1. The maximum absolute atomic E-state index is 13.2. The van der Waals surface area contributed by atoms with Gasteiger partial charge in [0, 0.05) is 0 Å². The van der Waals surface area contributed by atoms with Crippen LogP contribution < -0.4 is 14.8 Å². The van der Waals surface area contributed by atoms with Crippen molar-refractivity contribution in [2.24, 2.45) is 0 Å². The van der Waals surface area contributed by atoms with E-state index in [2.05, 4.69) is 41.7 Å². The van der Waals surface area contributed by atoms with Crippen molar-refractivity contribution in [2.45, 2.75) is 41.5 Å². The van der Waals surface area contributed by atoms with Gasteiger partial charge in [0.15, 0.2) is 23.2 Å². The van der Waals surface area contributed by atoms with E-state index in [0.29, 0.717) is 22.7 Å². The Morgan fingerprint density at radius 1 is 0.619 bits per heavy atom. The summed E-state index contributed by atoms with van der Waals surface area (Å²) >= 11 is 0. The van der Waals surface area contributed by atoms with E-state index in [4.69, 9.17) is 29.2 Å². The first-order chi connectivity index (χ1) is 30.8. The molecule has 0 amide bonds. The quantitative estimate of drug-likeness (QED) is 0.0934. The number of nitrogens with one attached hydrogen (secondary N) is 1. The molecule has 1 fully saturated rings.